The highest BCUT2D eigenvalue weighted by Crippen LogP contribution is 2.23. The van der Waals surface area contributed by atoms with E-state index in [0.29, 0.717) is 12.4 Å². The maximum atomic E-state index is 13.1. The van der Waals surface area contributed by atoms with Gasteiger partial charge in [0.25, 0.3) is 5.56 Å². The van der Waals surface area contributed by atoms with E-state index in [9.17, 15) is 14.4 Å². The lowest BCUT2D eigenvalue weighted by Crippen LogP contribution is -2.53. The zero-order valence-corrected chi connectivity index (χ0v) is 17.4. The Morgan fingerprint density at radius 1 is 1.07 bits per heavy atom. The molecule has 2 saturated heterocycles. The zero-order chi connectivity index (χ0) is 20.3. The topological polar surface area (TPSA) is 70.8 Å². The molecule has 0 bridgehead atoms. The van der Waals surface area contributed by atoms with E-state index in [1.165, 1.54) is 30.5 Å². The van der Waals surface area contributed by atoms with Gasteiger partial charge in [-0.25, -0.2) is 4.79 Å². The van der Waals surface area contributed by atoms with Gasteiger partial charge < -0.3 is 9.80 Å². The zero-order valence-electron chi connectivity index (χ0n) is 17.4. The first-order chi connectivity index (χ1) is 13.4. The number of unbranched alkanes of at least 4 members (excludes halogenated alkanes) is 1. The third-order valence-electron chi connectivity index (χ3n) is 6.11. The third-order valence-corrected chi connectivity index (χ3v) is 6.11. The second kappa shape index (κ2) is 8.94. The summed E-state index contributed by atoms with van der Waals surface area (Å²) in [4.78, 5) is 43.8. The molecule has 1 unspecified atom stereocenters. The summed E-state index contributed by atoms with van der Waals surface area (Å²) in [5.41, 5.74) is -0.645. The van der Waals surface area contributed by atoms with Gasteiger partial charge in [0.05, 0.1) is 5.92 Å². The molecule has 3 heterocycles. The normalized spacial score (nSPS) is 21.2. The standard InChI is InChI=1S/C20H33N5O3/c1-4-5-8-23-10-12-24(13-11-23)19(27)16-7-6-9-25(15-16)17-14-18(26)22(3)20(28)21(17)2/h14,16H,4-13,15H2,1-3H3. The molecule has 1 atom stereocenters. The van der Waals surface area contributed by atoms with Crippen LogP contribution < -0.4 is 16.1 Å². The Morgan fingerprint density at radius 2 is 1.79 bits per heavy atom. The summed E-state index contributed by atoms with van der Waals surface area (Å²) in [5, 5.41) is 0. The SMILES string of the molecule is CCCCN1CCN(C(=O)C2CCCN(c3cc(=O)n(C)c(=O)n3C)C2)CC1. The molecule has 8 nitrogen and oxygen atoms in total. The van der Waals surface area contributed by atoms with Crippen molar-refractivity contribution in [2.75, 3.05) is 50.7 Å². The van der Waals surface area contributed by atoms with Crippen LogP contribution >= 0.6 is 0 Å². The number of rotatable bonds is 5. The van der Waals surface area contributed by atoms with E-state index >= 15 is 0 Å². The number of piperazine rings is 1. The Hall–Kier alpha value is -2.09. The molecule has 2 fully saturated rings. The maximum absolute atomic E-state index is 13.1. The van der Waals surface area contributed by atoms with Gasteiger partial charge in [-0.1, -0.05) is 13.3 Å². The van der Waals surface area contributed by atoms with Crippen molar-refractivity contribution in [2.24, 2.45) is 20.0 Å². The Labute approximate surface area is 166 Å². The Morgan fingerprint density at radius 3 is 2.46 bits per heavy atom. The number of hydrogen-bond donors (Lipinski definition) is 0. The molecule has 0 N–H and O–H groups in total. The molecule has 0 spiro atoms. The second-order valence-electron chi connectivity index (χ2n) is 8.05. The van der Waals surface area contributed by atoms with E-state index in [-0.39, 0.29) is 23.1 Å². The molecule has 28 heavy (non-hydrogen) atoms. The smallest absolute Gasteiger partial charge is 0.332 e. The summed E-state index contributed by atoms with van der Waals surface area (Å²) in [6, 6.07) is 1.50. The van der Waals surface area contributed by atoms with Gasteiger partial charge in [-0.2, -0.15) is 0 Å². The number of aromatic nitrogens is 2. The highest BCUT2D eigenvalue weighted by molar-refractivity contribution is 5.80. The maximum Gasteiger partial charge on any atom is 0.332 e. The van der Waals surface area contributed by atoms with E-state index in [2.05, 4.69) is 11.8 Å². The molecule has 1 aromatic rings. The molecule has 0 saturated carbocycles. The number of carbonyl (C=O) groups excluding carboxylic acids is 1. The quantitative estimate of drug-likeness (QED) is 0.719. The molecule has 2 aliphatic heterocycles. The molecule has 3 rings (SSSR count). The van der Waals surface area contributed by atoms with Gasteiger partial charge >= 0.3 is 5.69 Å². The molecule has 0 aliphatic carbocycles. The van der Waals surface area contributed by atoms with Crippen LogP contribution in [-0.4, -0.2) is 70.7 Å². The lowest BCUT2D eigenvalue weighted by Gasteiger charge is -2.39. The molecule has 1 aromatic heterocycles. The van der Waals surface area contributed by atoms with Crippen molar-refractivity contribution < 1.29 is 4.79 Å². The van der Waals surface area contributed by atoms with Gasteiger partial charge in [-0.05, 0) is 25.8 Å². The van der Waals surface area contributed by atoms with Crippen molar-refractivity contribution >= 4 is 11.7 Å². The van der Waals surface area contributed by atoms with Crippen LogP contribution in [0.25, 0.3) is 0 Å². The van der Waals surface area contributed by atoms with Crippen molar-refractivity contribution in [3.8, 4) is 0 Å². The molecular formula is C20H33N5O3. The summed E-state index contributed by atoms with van der Waals surface area (Å²) in [6.07, 6.45) is 4.16. The van der Waals surface area contributed by atoms with E-state index in [4.69, 9.17) is 0 Å². The van der Waals surface area contributed by atoms with Gasteiger partial charge in [-0.15, -0.1) is 0 Å². The van der Waals surface area contributed by atoms with Crippen LogP contribution in [0, 0.1) is 5.92 Å². The highest BCUT2D eigenvalue weighted by Gasteiger charge is 2.31. The van der Waals surface area contributed by atoms with Gasteiger partial charge in [0.15, 0.2) is 0 Å². The van der Waals surface area contributed by atoms with Gasteiger partial charge in [0.2, 0.25) is 5.91 Å². The predicted molar refractivity (Wildman–Crippen MR) is 110 cm³/mol. The number of carbonyl (C=O) groups is 1. The second-order valence-corrected chi connectivity index (χ2v) is 8.05. The molecule has 0 aromatic carbocycles. The monoisotopic (exact) mass is 391 g/mol. The Bertz CT molecular complexity index is 807. The highest BCUT2D eigenvalue weighted by atomic mass is 16.2. The summed E-state index contributed by atoms with van der Waals surface area (Å²) in [6.45, 7) is 8.13. The van der Waals surface area contributed by atoms with Crippen molar-refractivity contribution in [3.63, 3.8) is 0 Å². The summed E-state index contributed by atoms with van der Waals surface area (Å²) in [5.74, 6) is 0.749. The van der Waals surface area contributed by atoms with Gasteiger partial charge in [0, 0.05) is 59.4 Å². The number of anilines is 1. The first kappa shape index (κ1) is 20.6. The van der Waals surface area contributed by atoms with E-state index in [1.807, 2.05) is 9.80 Å². The minimum Gasteiger partial charge on any atom is -0.357 e. The molecule has 0 radical (unpaired) electrons. The van der Waals surface area contributed by atoms with Crippen LogP contribution in [0.5, 0.6) is 0 Å². The summed E-state index contributed by atoms with van der Waals surface area (Å²) < 4.78 is 2.61. The van der Waals surface area contributed by atoms with E-state index < -0.39 is 0 Å². The molecular weight excluding hydrogens is 358 g/mol. The van der Waals surface area contributed by atoms with Crippen LogP contribution in [0.2, 0.25) is 0 Å². The fourth-order valence-electron chi connectivity index (χ4n) is 4.24. The van der Waals surface area contributed by atoms with Crippen LogP contribution in [-0.2, 0) is 18.9 Å². The third kappa shape index (κ3) is 4.32. The molecule has 1 amide bonds. The van der Waals surface area contributed by atoms with E-state index in [0.717, 1.165) is 56.7 Å². The number of piperidine rings is 1. The van der Waals surface area contributed by atoms with Crippen molar-refractivity contribution in [3.05, 3.63) is 26.9 Å². The van der Waals surface area contributed by atoms with Crippen molar-refractivity contribution in [2.45, 2.75) is 32.6 Å². The number of amides is 1. The minimum atomic E-state index is -0.334. The minimum absolute atomic E-state index is 0.0740. The Balaban J connectivity index is 1.65. The largest absolute Gasteiger partial charge is 0.357 e. The predicted octanol–water partition coefficient (Wildman–Crippen LogP) is 0.245. The summed E-state index contributed by atoms with van der Waals surface area (Å²) in [7, 11) is 3.16. The first-order valence-corrected chi connectivity index (χ1v) is 10.5. The van der Waals surface area contributed by atoms with Crippen LogP contribution in [0.1, 0.15) is 32.6 Å². The van der Waals surface area contributed by atoms with Gasteiger partial charge in [0.1, 0.15) is 5.82 Å². The summed E-state index contributed by atoms with van der Waals surface area (Å²) >= 11 is 0. The lowest BCUT2D eigenvalue weighted by molar-refractivity contribution is -0.137. The molecule has 156 valence electrons. The molecule has 8 heteroatoms. The van der Waals surface area contributed by atoms with Crippen molar-refractivity contribution in [1.82, 2.24) is 18.9 Å². The lowest BCUT2D eigenvalue weighted by atomic mass is 9.96. The fourth-order valence-corrected chi connectivity index (χ4v) is 4.24. The Kier molecular flexibility index (Phi) is 6.59. The fraction of sp³-hybridized carbons (Fsp3) is 0.750. The average molecular weight is 392 g/mol. The average Bonchev–Trinajstić information content (AvgIpc) is 2.73. The van der Waals surface area contributed by atoms with E-state index in [1.54, 1.807) is 7.05 Å². The van der Waals surface area contributed by atoms with Crippen LogP contribution in [0.3, 0.4) is 0 Å². The number of nitrogens with zero attached hydrogens (tertiary/aromatic N) is 5. The first-order valence-electron chi connectivity index (χ1n) is 10.5. The van der Waals surface area contributed by atoms with Crippen LogP contribution in [0.4, 0.5) is 5.82 Å². The van der Waals surface area contributed by atoms with Crippen LogP contribution in [0.15, 0.2) is 15.7 Å². The van der Waals surface area contributed by atoms with Gasteiger partial charge in [-0.3, -0.25) is 23.6 Å². The molecule has 2 aliphatic rings. The number of hydrogen-bond acceptors (Lipinski definition) is 5. The van der Waals surface area contributed by atoms with Crippen molar-refractivity contribution in [1.29, 1.82) is 0 Å².